The molecule has 0 amide bonds. The number of aromatic hydroxyl groups is 1. The maximum Gasteiger partial charge on any atom is 0.155 e. The van der Waals surface area contributed by atoms with E-state index in [4.69, 9.17) is 21.4 Å². The molecular weight excluding hydrogens is 252 g/mol. The first-order valence-corrected chi connectivity index (χ1v) is 5.73. The van der Waals surface area contributed by atoms with Crippen LogP contribution in [0.4, 0.5) is 0 Å². The molecule has 0 aliphatic carbocycles. The SMILES string of the molecule is O=Cc1c(Cl)cccc1OCc1ccc(O)cc1. The summed E-state index contributed by atoms with van der Waals surface area (Å²) in [6.07, 6.45) is 0.675. The van der Waals surface area contributed by atoms with Crippen molar-refractivity contribution in [2.24, 2.45) is 0 Å². The van der Waals surface area contributed by atoms with Gasteiger partial charge in [0.2, 0.25) is 0 Å². The number of phenolic OH excluding ortho intramolecular Hbond substituents is 1. The van der Waals surface area contributed by atoms with Gasteiger partial charge >= 0.3 is 0 Å². The average molecular weight is 263 g/mol. The minimum Gasteiger partial charge on any atom is -0.508 e. The van der Waals surface area contributed by atoms with E-state index < -0.39 is 0 Å². The molecule has 0 aliphatic rings. The van der Waals surface area contributed by atoms with Gasteiger partial charge in [-0.2, -0.15) is 0 Å². The van der Waals surface area contributed by atoms with E-state index in [2.05, 4.69) is 0 Å². The number of rotatable bonds is 4. The van der Waals surface area contributed by atoms with Crippen molar-refractivity contribution in [1.82, 2.24) is 0 Å². The first-order chi connectivity index (χ1) is 8.70. The van der Waals surface area contributed by atoms with E-state index in [0.29, 0.717) is 29.2 Å². The Morgan fingerprint density at radius 2 is 1.89 bits per heavy atom. The van der Waals surface area contributed by atoms with Crippen LogP contribution in [0.2, 0.25) is 5.02 Å². The summed E-state index contributed by atoms with van der Waals surface area (Å²) in [5.74, 6) is 0.653. The quantitative estimate of drug-likeness (QED) is 0.859. The smallest absolute Gasteiger partial charge is 0.155 e. The third-order valence-corrected chi connectivity index (χ3v) is 2.79. The molecule has 0 saturated heterocycles. The first-order valence-electron chi connectivity index (χ1n) is 5.35. The van der Waals surface area contributed by atoms with E-state index in [9.17, 15) is 4.79 Å². The van der Waals surface area contributed by atoms with Crippen molar-refractivity contribution < 1.29 is 14.6 Å². The molecule has 92 valence electrons. The van der Waals surface area contributed by atoms with Gasteiger partial charge in [-0.05, 0) is 29.8 Å². The molecule has 0 atom stereocenters. The van der Waals surface area contributed by atoms with Crippen molar-refractivity contribution in [3.05, 3.63) is 58.6 Å². The Morgan fingerprint density at radius 1 is 1.17 bits per heavy atom. The minimum atomic E-state index is 0.204. The van der Waals surface area contributed by atoms with Crippen LogP contribution < -0.4 is 4.74 Å². The average Bonchev–Trinajstić information content (AvgIpc) is 2.38. The van der Waals surface area contributed by atoms with Crippen molar-refractivity contribution in [3.8, 4) is 11.5 Å². The Bertz CT molecular complexity index is 549. The van der Waals surface area contributed by atoms with Gasteiger partial charge in [0.15, 0.2) is 6.29 Å². The van der Waals surface area contributed by atoms with E-state index >= 15 is 0 Å². The number of carbonyl (C=O) groups is 1. The van der Waals surface area contributed by atoms with E-state index in [0.717, 1.165) is 5.56 Å². The molecule has 1 N–H and O–H groups in total. The third kappa shape index (κ3) is 2.81. The molecule has 0 bridgehead atoms. The molecule has 0 heterocycles. The summed E-state index contributed by atoms with van der Waals surface area (Å²) in [5.41, 5.74) is 1.24. The molecule has 18 heavy (non-hydrogen) atoms. The number of carbonyl (C=O) groups excluding carboxylic acids is 1. The van der Waals surface area contributed by atoms with Crippen molar-refractivity contribution >= 4 is 17.9 Å². The Kier molecular flexibility index (Phi) is 3.85. The lowest BCUT2D eigenvalue weighted by Crippen LogP contribution is -1.98. The van der Waals surface area contributed by atoms with Crippen LogP contribution in [0.25, 0.3) is 0 Å². The third-order valence-electron chi connectivity index (χ3n) is 2.46. The number of phenols is 1. The topological polar surface area (TPSA) is 46.5 Å². The molecule has 2 aromatic carbocycles. The van der Waals surface area contributed by atoms with Crippen LogP contribution in [-0.2, 0) is 6.61 Å². The summed E-state index contributed by atoms with van der Waals surface area (Å²) in [6.45, 7) is 0.307. The van der Waals surface area contributed by atoms with Gasteiger partial charge < -0.3 is 9.84 Å². The second-order valence-corrected chi connectivity index (χ2v) is 4.13. The fraction of sp³-hybridized carbons (Fsp3) is 0.0714. The summed E-state index contributed by atoms with van der Waals surface area (Å²) in [6, 6.07) is 11.7. The van der Waals surface area contributed by atoms with Gasteiger partial charge in [0, 0.05) is 0 Å². The fourth-order valence-corrected chi connectivity index (χ4v) is 1.72. The summed E-state index contributed by atoms with van der Waals surface area (Å²) < 4.78 is 5.54. The molecular formula is C14H11ClO3. The number of aldehydes is 1. The zero-order chi connectivity index (χ0) is 13.0. The minimum absolute atomic E-state index is 0.204. The monoisotopic (exact) mass is 262 g/mol. The van der Waals surface area contributed by atoms with Gasteiger partial charge in [0.05, 0.1) is 10.6 Å². The number of ether oxygens (including phenoxy) is 1. The number of hydrogen-bond acceptors (Lipinski definition) is 3. The highest BCUT2D eigenvalue weighted by atomic mass is 35.5. The van der Waals surface area contributed by atoms with E-state index in [1.807, 2.05) is 0 Å². The van der Waals surface area contributed by atoms with Gasteiger partial charge in [-0.3, -0.25) is 4.79 Å². The molecule has 0 aromatic heterocycles. The Balaban J connectivity index is 2.13. The van der Waals surface area contributed by atoms with Crippen molar-refractivity contribution in [3.63, 3.8) is 0 Å². The highest BCUT2D eigenvalue weighted by Crippen LogP contribution is 2.25. The summed E-state index contributed by atoms with van der Waals surface area (Å²) in [5, 5.41) is 9.52. The van der Waals surface area contributed by atoms with Gasteiger partial charge in [0.1, 0.15) is 18.1 Å². The molecule has 0 spiro atoms. The van der Waals surface area contributed by atoms with Crippen molar-refractivity contribution in [1.29, 1.82) is 0 Å². The lowest BCUT2D eigenvalue weighted by Gasteiger charge is -2.09. The fourth-order valence-electron chi connectivity index (χ4n) is 1.51. The lowest BCUT2D eigenvalue weighted by molar-refractivity contribution is 0.111. The van der Waals surface area contributed by atoms with Gasteiger partial charge in [0.25, 0.3) is 0 Å². The molecule has 4 heteroatoms. The molecule has 0 radical (unpaired) electrons. The maximum absolute atomic E-state index is 10.9. The molecule has 0 saturated carbocycles. The Hall–Kier alpha value is -2.00. The molecule has 0 unspecified atom stereocenters. The second-order valence-electron chi connectivity index (χ2n) is 3.72. The van der Waals surface area contributed by atoms with Gasteiger partial charge in [-0.25, -0.2) is 0 Å². The number of hydrogen-bond donors (Lipinski definition) is 1. The Morgan fingerprint density at radius 3 is 2.56 bits per heavy atom. The second kappa shape index (κ2) is 5.56. The predicted molar refractivity (Wildman–Crippen MR) is 69.3 cm³/mol. The predicted octanol–water partition coefficient (Wildman–Crippen LogP) is 3.44. The Labute approximate surface area is 110 Å². The van der Waals surface area contributed by atoms with Crippen LogP contribution in [0.1, 0.15) is 15.9 Å². The summed E-state index contributed by atoms with van der Waals surface area (Å²) >= 11 is 5.89. The number of benzene rings is 2. The van der Waals surface area contributed by atoms with E-state index in [1.165, 1.54) is 0 Å². The van der Waals surface area contributed by atoms with Crippen LogP contribution in [-0.4, -0.2) is 11.4 Å². The van der Waals surface area contributed by atoms with Crippen LogP contribution >= 0.6 is 11.6 Å². The van der Waals surface area contributed by atoms with Gasteiger partial charge in [-0.1, -0.05) is 29.8 Å². The van der Waals surface area contributed by atoms with E-state index in [1.54, 1.807) is 42.5 Å². The largest absolute Gasteiger partial charge is 0.508 e. The normalized spacial score (nSPS) is 10.1. The van der Waals surface area contributed by atoms with Crippen LogP contribution in [0.3, 0.4) is 0 Å². The highest BCUT2D eigenvalue weighted by Gasteiger charge is 2.07. The van der Waals surface area contributed by atoms with E-state index in [-0.39, 0.29) is 5.75 Å². The molecule has 0 fully saturated rings. The zero-order valence-electron chi connectivity index (χ0n) is 9.47. The lowest BCUT2D eigenvalue weighted by atomic mass is 10.2. The molecule has 0 aliphatic heterocycles. The van der Waals surface area contributed by atoms with Gasteiger partial charge in [-0.15, -0.1) is 0 Å². The van der Waals surface area contributed by atoms with Crippen LogP contribution in [0, 0.1) is 0 Å². The summed E-state index contributed by atoms with van der Waals surface area (Å²) in [4.78, 5) is 10.9. The van der Waals surface area contributed by atoms with Crippen LogP contribution in [0.15, 0.2) is 42.5 Å². The maximum atomic E-state index is 10.9. The zero-order valence-corrected chi connectivity index (χ0v) is 10.2. The van der Waals surface area contributed by atoms with Crippen molar-refractivity contribution in [2.75, 3.05) is 0 Å². The molecule has 2 aromatic rings. The number of halogens is 1. The molecule has 3 nitrogen and oxygen atoms in total. The van der Waals surface area contributed by atoms with Crippen molar-refractivity contribution in [2.45, 2.75) is 6.61 Å². The van der Waals surface area contributed by atoms with Crippen LogP contribution in [0.5, 0.6) is 11.5 Å². The molecule has 2 rings (SSSR count). The standard InChI is InChI=1S/C14H11ClO3/c15-13-2-1-3-14(12(13)8-16)18-9-10-4-6-11(17)7-5-10/h1-8,17H,9H2. The summed E-state index contributed by atoms with van der Waals surface area (Å²) in [7, 11) is 0. The first kappa shape index (κ1) is 12.5. The highest BCUT2D eigenvalue weighted by molar-refractivity contribution is 6.33.